The number of thiophene rings is 1. The summed E-state index contributed by atoms with van der Waals surface area (Å²) >= 11 is 3.00. The largest absolute Gasteiger partial charge is 0.335 e. The topological polar surface area (TPSA) is 88.9 Å². The van der Waals surface area contributed by atoms with Crippen molar-refractivity contribution < 1.29 is 9.59 Å². The lowest BCUT2D eigenvalue weighted by Gasteiger charge is -2.12. The minimum Gasteiger partial charge on any atom is -0.335 e. The highest BCUT2D eigenvalue weighted by Crippen LogP contribution is 2.21. The van der Waals surface area contributed by atoms with Crippen LogP contribution >= 0.6 is 23.1 Å². The van der Waals surface area contributed by atoms with Crippen molar-refractivity contribution in [3.05, 3.63) is 64.1 Å². The Balaban J connectivity index is 1.37. The molecule has 2 N–H and O–H groups in total. The van der Waals surface area contributed by atoms with Crippen molar-refractivity contribution in [1.29, 1.82) is 0 Å². The van der Waals surface area contributed by atoms with Crippen molar-refractivity contribution in [3.63, 3.8) is 0 Å². The van der Waals surface area contributed by atoms with Gasteiger partial charge in [0.25, 0.3) is 0 Å². The van der Waals surface area contributed by atoms with Crippen LogP contribution in [-0.4, -0.2) is 38.5 Å². The van der Waals surface area contributed by atoms with Crippen LogP contribution in [-0.2, 0) is 24.2 Å². The van der Waals surface area contributed by atoms with E-state index in [9.17, 15) is 9.59 Å². The van der Waals surface area contributed by atoms with Gasteiger partial charge in [0.1, 0.15) is 5.82 Å². The van der Waals surface area contributed by atoms with E-state index in [2.05, 4.69) is 49.0 Å². The fraction of sp³-hybridized carbons (Fsp3) is 0.391. The zero-order chi connectivity index (χ0) is 22.2. The van der Waals surface area contributed by atoms with E-state index in [0.29, 0.717) is 11.6 Å². The molecular formula is C23H27N5O2S2. The summed E-state index contributed by atoms with van der Waals surface area (Å²) in [6.45, 7) is 0.726. The van der Waals surface area contributed by atoms with E-state index in [1.807, 2.05) is 24.3 Å². The number of benzene rings is 1. The molecule has 168 valence electrons. The number of urea groups is 1. The number of amides is 3. The van der Waals surface area contributed by atoms with E-state index < -0.39 is 6.03 Å². The molecule has 7 nitrogen and oxygen atoms in total. The maximum atomic E-state index is 12.3. The van der Waals surface area contributed by atoms with Crippen LogP contribution in [0.25, 0.3) is 0 Å². The van der Waals surface area contributed by atoms with Gasteiger partial charge in [0.15, 0.2) is 5.16 Å². The van der Waals surface area contributed by atoms with Crippen molar-refractivity contribution >= 4 is 35.0 Å². The van der Waals surface area contributed by atoms with Gasteiger partial charge in [-0.2, -0.15) is 0 Å². The van der Waals surface area contributed by atoms with Gasteiger partial charge < -0.3 is 9.88 Å². The summed E-state index contributed by atoms with van der Waals surface area (Å²) in [4.78, 5) is 25.6. The lowest BCUT2D eigenvalue weighted by atomic mass is 10.1. The fourth-order valence-corrected chi connectivity index (χ4v) is 5.31. The highest BCUT2D eigenvalue weighted by molar-refractivity contribution is 7.99. The highest BCUT2D eigenvalue weighted by atomic mass is 32.2. The van der Waals surface area contributed by atoms with Crippen LogP contribution in [0, 0.1) is 0 Å². The van der Waals surface area contributed by atoms with E-state index in [1.165, 1.54) is 22.2 Å². The Hall–Kier alpha value is -2.65. The first kappa shape index (κ1) is 22.5. The summed E-state index contributed by atoms with van der Waals surface area (Å²) in [7, 11) is 0. The van der Waals surface area contributed by atoms with Crippen molar-refractivity contribution in [3.8, 4) is 0 Å². The number of hydrogen-bond acceptors (Lipinski definition) is 6. The van der Waals surface area contributed by atoms with Crippen LogP contribution < -0.4 is 10.6 Å². The van der Waals surface area contributed by atoms with Crippen molar-refractivity contribution in [2.45, 2.75) is 56.3 Å². The van der Waals surface area contributed by atoms with E-state index in [0.717, 1.165) is 44.5 Å². The summed E-state index contributed by atoms with van der Waals surface area (Å²) in [6, 6.07) is 14.2. The Morgan fingerprint density at radius 2 is 1.91 bits per heavy atom. The molecule has 0 spiro atoms. The minimum atomic E-state index is -0.411. The summed E-state index contributed by atoms with van der Waals surface area (Å²) < 4.78 is 2.09. The SMILES string of the molecule is O=C(CSc1nnc(Cc2cccs2)n1CCc1ccccc1)NC(=O)NC1CCCC1. The first-order valence-electron chi connectivity index (χ1n) is 10.9. The number of aryl methyl sites for hydroxylation is 1. The molecule has 0 bridgehead atoms. The number of carbonyl (C=O) groups is 2. The molecule has 0 unspecified atom stereocenters. The number of rotatable bonds is 9. The van der Waals surface area contributed by atoms with E-state index in [-0.39, 0.29) is 17.7 Å². The van der Waals surface area contributed by atoms with Gasteiger partial charge in [-0.3, -0.25) is 10.1 Å². The molecule has 1 fully saturated rings. The van der Waals surface area contributed by atoms with Crippen molar-refractivity contribution in [2.24, 2.45) is 0 Å². The van der Waals surface area contributed by atoms with Crippen LogP contribution in [0.2, 0.25) is 0 Å². The van der Waals surface area contributed by atoms with Crippen LogP contribution in [0.3, 0.4) is 0 Å². The minimum absolute atomic E-state index is 0.112. The van der Waals surface area contributed by atoms with Gasteiger partial charge in [-0.25, -0.2) is 4.79 Å². The highest BCUT2D eigenvalue weighted by Gasteiger charge is 2.19. The average Bonchev–Trinajstić information content (AvgIpc) is 3.55. The second-order valence-corrected chi connectivity index (χ2v) is 9.81. The number of nitrogens with zero attached hydrogens (tertiary/aromatic N) is 3. The molecule has 4 rings (SSSR count). The van der Waals surface area contributed by atoms with E-state index in [4.69, 9.17) is 0 Å². The molecule has 0 aliphatic heterocycles. The van der Waals surface area contributed by atoms with Gasteiger partial charge in [-0.05, 0) is 36.3 Å². The standard InChI is InChI=1S/C23H27N5O2S2/c29-21(25-22(30)24-18-9-4-5-10-18)16-32-23-27-26-20(15-19-11-6-14-31-19)28(23)13-12-17-7-2-1-3-8-17/h1-3,6-8,11,14,18H,4-5,9-10,12-13,15-16H2,(H2,24,25,29,30). The van der Waals surface area contributed by atoms with Crippen LogP contribution in [0.4, 0.5) is 4.79 Å². The third-order valence-corrected chi connectivity index (χ3v) is 7.29. The number of thioether (sulfide) groups is 1. The Morgan fingerprint density at radius 1 is 1.09 bits per heavy atom. The third-order valence-electron chi connectivity index (χ3n) is 5.45. The number of nitrogens with one attached hydrogen (secondary N) is 2. The quantitative estimate of drug-likeness (QED) is 0.462. The third kappa shape index (κ3) is 6.43. The number of hydrogen-bond donors (Lipinski definition) is 2. The molecule has 1 saturated carbocycles. The van der Waals surface area contributed by atoms with Crippen LogP contribution in [0.15, 0.2) is 53.0 Å². The summed E-state index contributed by atoms with van der Waals surface area (Å²) in [5.41, 5.74) is 1.24. The monoisotopic (exact) mass is 469 g/mol. The van der Waals surface area contributed by atoms with Crippen molar-refractivity contribution in [1.82, 2.24) is 25.4 Å². The molecule has 1 aromatic carbocycles. The maximum Gasteiger partial charge on any atom is 0.321 e. The molecule has 2 heterocycles. The predicted octanol–water partition coefficient (Wildman–Crippen LogP) is 4.03. The smallest absolute Gasteiger partial charge is 0.321 e. The fourth-order valence-electron chi connectivity index (χ4n) is 3.82. The summed E-state index contributed by atoms with van der Waals surface area (Å²) in [5.74, 6) is 0.661. The van der Waals surface area contributed by atoms with Crippen molar-refractivity contribution in [2.75, 3.05) is 5.75 Å². The molecule has 1 aliphatic carbocycles. The first-order chi connectivity index (χ1) is 15.7. The molecule has 0 saturated heterocycles. The Morgan fingerprint density at radius 3 is 2.66 bits per heavy atom. The van der Waals surface area contributed by atoms with Gasteiger partial charge in [0, 0.05) is 23.9 Å². The Kier molecular flexibility index (Phi) is 7.95. The van der Waals surface area contributed by atoms with E-state index in [1.54, 1.807) is 11.3 Å². The van der Waals surface area contributed by atoms with Gasteiger partial charge in [0.2, 0.25) is 5.91 Å². The first-order valence-corrected chi connectivity index (χ1v) is 12.8. The molecule has 2 aromatic heterocycles. The molecule has 9 heteroatoms. The van der Waals surface area contributed by atoms with Crippen LogP contribution in [0.5, 0.6) is 0 Å². The normalized spacial score (nSPS) is 13.9. The second kappa shape index (κ2) is 11.3. The molecule has 3 amide bonds. The van der Waals surface area contributed by atoms with Gasteiger partial charge in [-0.1, -0.05) is 61.0 Å². The Labute approximate surface area is 196 Å². The van der Waals surface area contributed by atoms with Gasteiger partial charge in [-0.15, -0.1) is 21.5 Å². The molecule has 32 heavy (non-hydrogen) atoms. The Bertz CT molecular complexity index is 1010. The number of imide groups is 1. The molecule has 3 aromatic rings. The lowest BCUT2D eigenvalue weighted by molar-refractivity contribution is -0.117. The molecule has 1 aliphatic rings. The van der Waals surface area contributed by atoms with Crippen LogP contribution in [0.1, 0.15) is 41.9 Å². The zero-order valence-corrected chi connectivity index (χ0v) is 19.5. The van der Waals surface area contributed by atoms with Gasteiger partial charge >= 0.3 is 6.03 Å². The van der Waals surface area contributed by atoms with Gasteiger partial charge in [0.05, 0.1) is 5.75 Å². The predicted molar refractivity (Wildman–Crippen MR) is 127 cm³/mol. The molecular weight excluding hydrogens is 442 g/mol. The summed E-state index contributed by atoms with van der Waals surface area (Å²) in [5, 5.41) is 16.8. The lowest BCUT2D eigenvalue weighted by Crippen LogP contribution is -2.44. The molecule has 0 atom stereocenters. The van der Waals surface area contributed by atoms with E-state index >= 15 is 0 Å². The molecule has 0 radical (unpaired) electrons. The number of aromatic nitrogens is 3. The average molecular weight is 470 g/mol. The number of carbonyl (C=O) groups excluding carboxylic acids is 2. The zero-order valence-electron chi connectivity index (χ0n) is 17.8. The maximum absolute atomic E-state index is 12.3. The second-order valence-electron chi connectivity index (χ2n) is 7.83. The summed E-state index contributed by atoms with van der Waals surface area (Å²) in [6.07, 6.45) is 5.76.